The molecule has 0 spiro atoms. The molecule has 3 nitrogen and oxygen atoms in total. The SMILES string of the molecule is CC1CCNc2cc(C#N)ccc2N1C. The molecule has 1 aliphatic heterocycles. The van der Waals surface area contributed by atoms with E-state index in [1.165, 1.54) is 5.69 Å². The van der Waals surface area contributed by atoms with E-state index in [9.17, 15) is 0 Å². The molecule has 78 valence electrons. The van der Waals surface area contributed by atoms with Crippen molar-refractivity contribution >= 4 is 11.4 Å². The average Bonchev–Trinajstić information content (AvgIpc) is 2.40. The molecule has 1 atom stereocenters. The Bertz CT molecular complexity index is 406. The summed E-state index contributed by atoms with van der Waals surface area (Å²) in [5, 5.41) is 12.2. The van der Waals surface area contributed by atoms with Gasteiger partial charge in [0.25, 0.3) is 0 Å². The molecule has 3 heteroatoms. The van der Waals surface area contributed by atoms with E-state index in [-0.39, 0.29) is 0 Å². The normalized spacial score (nSPS) is 19.8. The number of nitrogens with zero attached hydrogens (tertiary/aromatic N) is 2. The first-order chi connectivity index (χ1) is 7.22. The van der Waals surface area contributed by atoms with Crippen molar-refractivity contribution in [2.24, 2.45) is 0 Å². The van der Waals surface area contributed by atoms with Gasteiger partial charge >= 0.3 is 0 Å². The second kappa shape index (κ2) is 3.82. The van der Waals surface area contributed by atoms with Gasteiger partial charge < -0.3 is 10.2 Å². The van der Waals surface area contributed by atoms with Gasteiger partial charge in [0.1, 0.15) is 0 Å². The van der Waals surface area contributed by atoms with Crippen molar-refractivity contribution in [2.75, 3.05) is 23.8 Å². The molecule has 0 saturated carbocycles. The molecular weight excluding hydrogens is 186 g/mol. The summed E-state index contributed by atoms with van der Waals surface area (Å²) >= 11 is 0. The van der Waals surface area contributed by atoms with Gasteiger partial charge in [-0.2, -0.15) is 5.26 Å². The largest absolute Gasteiger partial charge is 0.383 e. The Labute approximate surface area is 90.3 Å². The van der Waals surface area contributed by atoms with Crippen LogP contribution in [-0.2, 0) is 0 Å². The fourth-order valence-electron chi connectivity index (χ4n) is 1.90. The van der Waals surface area contributed by atoms with Crippen LogP contribution in [0.4, 0.5) is 11.4 Å². The van der Waals surface area contributed by atoms with Gasteiger partial charge in [0.05, 0.1) is 23.0 Å². The van der Waals surface area contributed by atoms with E-state index < -0.39 is 0 Å². The monoisotopic (exact) mass is 201 g/mol. The lowest BCUT2D eigenvalue weighted by molar-refractivity contribution is 0.657. The zero-order valence-electron chi connectivity index (χ0n) is 9.12. The first-order valence-electron chi connectivity index (χ1n) is 5.23. The third-order valence-corrected chi connectivity index (χ3v) is 3.04. The molecule has 0 fully saturated rings. The van der Waals surface area contributed by atoms with Crippen molar-refractivity contribution in [3.8, 4) is 6.07 Å². The molecule has 1 aliphatic rings. The zero-order chi connectivity index (χ0) is 10.8. The molecule has 1 heterocycles. The molecule has 0 bridgehead atoms. The van der Waals surface area contributed by atoms with Crippen LogP contribution in [0.1, 0.15) is 18.9 Å². The van der Waals surface area contributed by atoms with Gasteiger partial charge in [-0.25, -0.2) is 0 Å². The summed E-state index contributed by atoms with van der Waals surface area (Å²) in [4.78, 5) is 2.26. The van der Waals surface area contributed by atoms with E-state index >= 15 is 0 Å². The second-order valence-corrected chi connectivity index (χ2v) is 4.02. The quantitative estimate of drug-likeness (QED) is 0.699. The lowest BCUT2D eigenvalue weighted by atomic mass is 10.1. The summed E-state index contributed by atoms with van der Waals surface area (Å²) in [6.45, 7) is 3.18. The molecule has 0 aliphatic carbocycles. The Morgan fingerprint density at radius 1 is 1.53 bits per heavy atom. The topological polar surface area (TPSA) is 39.1 Å². The standard InChI is InChI=1S/C12H15N3/c1-9-5-6-14-11-7-10(8-13)3-4-12(11)15(9)2/h3-4,7,9,14H,5-6H2,1-2H3. The lowest BCUT2D eigenvalue weighted by Crippen LogP contribution is -2.28. The highest BCUT2D eigenvalue weighted by atomic mass is 15.2. The highest BCUT2D eigenvalue weighted by Crippen LogP contribution is 2.30. The molecule has 1 N–H and O–H groups in total. The van der Waals surface area contributed by atoms with E-state index in [2.05, 4.69) is 30.3 Å². The Morgan fingerprint density at radius 2 is 2.33 bits per heavy atom. The minimum absolute atomic E-state index is 0.534. The van der Waals surface area contributed by atoms with Crippen LogP contribution >= 0.6 is 0 Å². The number of anilines is 2. The number of fused-ring (bicyclic) bond motifs is 1. The van der Waals surface area contributed by atoms with Gasteiger partial charge in [-0.05, 0) is 31.5 Å². The summed E-state index contributed by atoms with van der Waals surface area (Å²) in [7, 11) is 2.10. The second-order valence-electron chi connectivity index (χ2n) is 4.02. The van der Waals surface area contributed by atoms with Gasteiger partial charge in [-0.1, -0.05) is 0 Å². The van der Waals surface area contributed by atoms with Gasteiger partial charge in [0, 0.05) is 19.6 Å². The molecule has 15 heavy (non-hydrogen) atoms. The maximum atomic E-state index is 8.84. The molecule has 0 amide bonds. The van der Waals surface area contributed by atoms with Crippen LogP contribution < -0.4 is 10.2 Å². The van der Waals surface area contributed by atoms with E-state index in [0.717, 1.165) is 18.7 Å². The first kappa shape index (κ1) is 9.85. The van der Waals surface area contributed by atoms with Crippen LogP contribution in [0.15, 0.2) is 18.2 Å². The third-order valence-electron chi connectivity index (χ3n) is 3.04. The lowest BCUT2D eigenvalue weighted by Gasteiger charge is -2.25. The van der Waals surface area contributed by atoms with Crippen molar-refractivity contribution in [2.45, 2.75) is 19.4 Å². The molecule has 0 aromatic heterocycles. The predicted octanol–water partition coefficient (Wildman–Crippen LogP) is 2.20. The molecule has 1 unspecified atom stereocenters. The summed E-state index contributed by atoms with van der Waals surface area (Å²) < 4.78 is 0. The van der Waals surface area contributed by atoms with E-state index in [0.29, 0.717) is 11.6 Å². The molecule has 0 saturated heterocycles. The fourth-order valence-corrected chi connectivity index (χ4v) is 1.90. The van der Waals surface area contributed by atoms with Crippen LogP contribution in [0.3, 0.4) is 0 Å². The maximum Gasteiger partial charge on any atom is 0.0992 e. The summed E-state index contributed by atoms with van der Waals surface area (Å²) in [5.41, 5.74) is 2.96. The number of hydrogen-bond acceptors (Lipinski definition) is 3. The Hall–Kier alpha value is -1.69. The third kappa shape index (κ3) is 1.75. The van der Waals surface area contributed by atoms with Crippen molar-refractivity contribution in [1.29, 1.82) is 5.26 Å². The summed E-state index contributed by atoms with van der Waals surface area (Å²) in [5.74, 6) is 0. The average molecular weight is 201 g/mol. The molecule has 2 rings (SSSR count). The Morgan fingerprint density at radius 3 is 3.07 bits per heavy atom. The Kier molecular flexibility index (Phi) is 2.51. The highest BCUT2D eigenvalue weighted by molar-refractivity contribution is 5.72. The first-order valence-corrected chi connectivity index (χ1v) is 5.23. The predicted molar refractivity (Wildman–Crippen MR) is 62.1 cm³/mol. The number of nitrogens with one attached hydrogen (secondary N) is 1. The molecule has 0 radical (unpaired) electrons. The number of hydrogen-bond donors (Lipinski definition) is 1. The van der Waals surface area contributed by atoms with Crippen molar-refractivity contribution in [3.63, 3.8) is 0 Å². The van der Waals surface area contributed by atoms with Crippen LogP contribution in [0.25, 0.3) is 0 Å². The van der Waals surface area contributed by atoms with Crippen LogP contribution in [-0.4, -0.2) is 19.6 Å². The molecule has 1 aromatic rings. The number of rotatable bonds is 0. The summed E-state index contributed by atoms with van der Waals surface area (Å²) in [6.07, 6.45) is 1.12. The minimum atomic E-state index is 0.534. The van der Waals surface area contributed by atoms with Crippen LogP contribution in [0.5, 0.6) is 0 Å². The van der Waals surface area contributed by atoms with Crippen molar-refractivity contribution < 1.29 is 0 Å². The molecule has 1 aromatic carbocycles. The highest BCUT2D eigenvalue weighted by Gasteiger charge is 2.17. The maximum absolute atomic E-state index is 8.84. The molecular formula is C12H15N3. The van der Waals surface area contributed by atoms with Gasteiger partial charge in [-0.15, -0.1) is 0 Å². The number of nitriles is 1. The van der Waals surface area contributed by atoms with E-state index in [1.807, 2.05) is 18.2 Å². The van der Waals surface area contributed by atoms with Gasteiger partial charge in [0.15, 0.2) is 0 Å². The minimum Gasteiger partial charge on any atom is -0.383 e. The smallest absolute Gasteiger partial charge is 0.0992 e. The van der Waals surface area contributed by atoms with Crippen molar-refractivity contribution in [3.05, 3.63) is 23.8 Å². The Balaban J connectivity index is 2.45. The summed E-state index contributed by atoms with van der Waals surface area (Å²) in [6, 6.07) is 8.51. The van der Waals surface area contributed by atoms with Crippen LogP contribution in [0, 0.1) is 11.3 Å². The van der Waals surface area contributed by atoms with E-state index in [1.54, 1.807) is 0 Å². The number of benzene rings is 1. The van der Waals surface area contributed by atoms with E-state index in [4.69, 9.17) is 5.26 Å². The van der Waals surface area contributed by atoms with Gasteiger partial charge in [0.2, 0.25) is 0 Å². The van der Waals surface area contributed by atoms with Gasteiger partial charge in [-0.3, -0.25) is 0 Å². The fraction of sp³-hybridized carbons (Fsp3) is 0.417. The van der Waals surface area contributed by atoms with Crippen molar-refractivity contribution in [1.82, 2.24) is 0 Å². The van der Waals surface area contributed by atoms with Crippen LogP contribution in [0.2, 0.25) is 0 Å². The zero-order valence-corrected chi connectivity index (χ0v) is 9.12.